The second-order valence-corrected chi connectivity index (χ2v) is 5.09. The third-order valence-corrected chi connectivity index (χ3v) is 4.35. The minimum Gasteiger partial charge on any atom is -0.454 e. The highest BCUT2D eigenvalue weighted by Gasteiger charge is 2.20. The summed E-state index contributed by atoms with van der Waals surface area (Å²) in [5.41, 5.74) is 0. The number of ether oxygens (including phenoxy) is 2. The van der Waals surface area contributed by atoms with Crippen molar-refractivity contribution in [2.24, 2.45) is 0 Å². The first-order chi connectivity index (χ1) is 7.66. The largest absolute Gasteiger partial charge is 0.454 e. The zero-order chi connectivity index (χ0) is 11.3. The number of thiophene rings is 1. The van der Waals surface area contributed by atoms with E-state index in [1.165, 1.54) is 11.3 Å². The molecule has 2 heterocycles. The van der Waals surface area contributed by atoms with E-state index in [1.54, 1.807) is 6.07 Å². The van der Waals surface area contributed by atoms with Gasteiger partial charge in [-0.25, -0.2) is 0 Å². The maximum atomic E-state index is 11.2. The Hall–Kier alpha value is -0.910. The van der Waals surface area contributed by atoms with E-state index in [2.05, 4.69) is 12.6 Å². The van der Waals surface area contributed by atoms with Crippen LogP contribution < -0.4 is 9.47 Å². The van der Waals surface area contributed by atoms with Crippen LogP contribution in [0.4, 0.5) is 0 Å². The van der Waals surface area contributed by atoms with Gasteiger partial charge in [0.15, 0.2) is 11.5 Å². The standard InChI is InChI=1S/C10H5ClO3S2/c11-8-4-1-5-6(14-3-13-5)2-7(4)16-9(8)10(12)15/h1-2H,3H2,(H,12,15). The van der Waals surface area contributed by atoms with Crippen molar-refractivity contribution < 1.29 is 14.3 Å². The van der Waals surface area contributed by atoms with E-state index in [4.69, 9.17) is 21.1 Å². The van der Waals surface area contributed by atoms with Gasteiger partial charge in [0.2, 0.25) is 11.9 Å². The molecule has 0 saturated carbocycles. The molecule has 0 amide bonds. The Morgan fingerprint density at radius 3 is 2.75 bits per heavy atom. The van der Waals surface area contributed by atoms with Crippen molar-refractivity contribution in [3.05, 3.63) is 22.0 Å². The summed E-state index contributed by atoms with van der Waals surface area (Å²) in [5, 5.41) is 0.903. The molecule has 0 saturated heterocycles. The Kier molecular flexibility index (Phi) is 2.27. The van der Waals surface area contributed by atoms with Crippen LogP contribution in [0.5, 0.6) is 11.5 Å². The average molecular weight is 273 g/mol. The summed E-state index contributed by atoms with van der Waals surface area (Å²) in [6.45, 7) is 0.225. The van der Waals surface area contributed by atoms with Crippen LogP contribution in [0.3, 0.4) is 0 Å². The number of carbonyl (C=O) groups is 1. The number of rotatable bonds is 1. The molecule has 1 aliphatic rings. The van der Waals surface area contributed by atoms with Crippen molar-refractivity contribution in [3.63, 3.8) is 0 Å². The number of carbonyl (C=O) groups excluding carboxylic acids is 1. The Morgan fingerprint density at radius 1 is 1.38 bits per heavy atom. The molecule has 1 aromatic carbocycles. The van der Waals surface area contributed by atoms with Gasteiger partial charge in [-0.1, -0.05) is 24.2 Å². The molecular weight excluding hydrogens is 268 g/mol. The van der Waals surface area contributed by atoms with Gasteiger partial charge in [-0.2, -0.15) is 0 Å². The first-order valence-corrected chi connectivity index (χ1v) is 6.06. The van der Waals surface area contributed by atoms with E-state index < -0.39 is 0 Å². The molecule has 6 heteroatoms. The first-order valence-electron chi connectivity index (χ1n) is 4.42. The fourth-order valence-corrected chi connectivity index (χ4v) is 3.27. The number of halogens is 1. The molecule has 1 aromatic heterocycles. The van der Waals surface area contributed by atoms with Gasteiger partial charge in [0.1, 0.15) is 4.88 Å². The number of fused-ring (bicyclic) bond motifs is 2. The molecule has 0 aliphatic carbocycles. The molecule has 0 N–H and O–H groups in total. The Morgan fingerprint density at radius 2 is 2.06 bits per heavy atom. The SMILES string of the molecule is O=C(S)c1sc2cc3c(cc2c1Cl)OCO3. The molecule has 2 aromatic rings. The number of hydrogen-bond acceptors (Lipinski definition) is 4. The fourth-order valence-electron chi connectivity index (χ4n) is 1.59. The molecule has 0 radical (unpaired) electrons. The maximum Gasteiger partial charge on any atom is 0.231 e. The van der Waals surface area contributed by atoms with Gasteiger partial charge in [-0.3, -0.25) is 4.79 Å². The quantitative estimate of drug-likeness (QED) is 0.809. The van der Waals surface area contributed by atoms with Crippen LogP contribution in [0, 0.1) is 0 Å². The smallest absolute Gasteiger partial charge is 0.231 e. The third-order valence-electron chi connectivity index (χ3n) is 2.32. The highest BCUT2D eigenvalue weighted by molar-refractivity contribution is 7.97. The molecule has 16 heavy (non-hydrogen) atoms. The van der Waals surface area contributed by atoms with E-state index in [1.807, 2.05) is 6.07 Å². The van der Waals surface area contributed by atoms with E-state index in [0.29, 0.717) is 21.4 Å². The number of benzene rings is 1. The molecule has 3 nitrogen and oxygen atoms in total. The zero-order valence-electron chi connectivity index (χ0n) is 7.82. The summed E-state index contributed by atoms with van der Waals surface area (Å²) in [4.78, 5) is 11.7. The molecule has 3 rings (SSSR count). The topological polar surface area (TPSA) is 35.5 Å². The summed E-state index contributed by atoms with van der Waals surface area (Å²) in [5.74, 6) is 1.34. The van der Waals surface area contributed by atoms with Crippen LogP contribution in [0.2, 0.25) is 5.02 Å². The van der Waals surface area contributed by atoms with E-state index >= 15 is 0 Å². The molecule has 0 atom stereocenters. The van der Waals surface area contributed by atoms with Gasteiger partial charge in [-0.15, -0.1) is 11.3 Å². The van der Waals surface area contributed by atoms with Crippen LogP contribution in [0.1, 0.15) is 9.67 Å². The van der Waals surface area contributed by atoms with Crippen molar-refractivity contribution in [3.8, 4) is 11.5 Å². The summed E-state index contributed by atoms with van der Waals surface area (Å²) in [6, 6.07) is 3.62. The molecular formula is C10H5ClO3S2. The highest BCUT2D eigenvalue weighted by Crippen LogP contribution is 2.43. The van der Waals surface area contributed by atoms with E-state index in [-0.39, 0.29) is 11.9 Å². The van der Waals surface area contributed by atoms with Gasteiger partial charge >= 0.3 is 0 Å². The normalized spacial score (nSPS) is 13.4. The summed E-state index contributed by atoms with van der Waals surface area (Å²) < 4.78 is 11.4. The highest BCUT2D eigenvalue weighted by atomic mass is 35.5. The van der Waals surface area contributed by atoms with Gasteiger partial charge in [0.25, 0.3) is 0 Å². The van der Waals surface area contributed by atoms with Crippen LogP contribution in [-0.4, -0.2) is 11.9 Å². The Labute approximate surface area is 105 Å². The first kappa shape index (κ1) is 10.3. The predicted molar refractivity (Wildman–Crippen MR) is 66.3 cm³/mol. The maximum absolute atomic E-state index is 11.2. The molecule has 0 spiro atoms. The van der Waals surface area contributed by atoms with Gasteiger partial charge < -0.3 is 9.47 Å². The van der Waals surface area contributed by atoms with Crippen LogP contribution in [0.15, 0.2) is 12.1 Å². The van der Waals surface area contributed by atoms with Crippen molar-refractivity contribution in [1.29, 1.82) is 0 Å². The van der Waals surface area contributed by atoms with Gasteiger partial charge in [0, 0.05) is 16.2 Å². The van der Waals surface area contributed by atoms with Crippen molar-refractivity contribution in [1.82, 2.24) is 0 Å². The average Bonchev–Trinajstić information content (AvgIpc) is 2.80. The zero-order valence-corrected chi connectivity index (χ0v) is 10.3. The van der Waals surface area contributed by atoms with Crippen LogP contribution >= 0.6 is 35.6 Å². The fraction of sp³-hybridized carbons (Fsp3) is 0.100. The van der Waals surface area contributed by atoms with Gasteiger partial charge in [0.05, 0.1) is 5.02 Å². The third kappa shape index (κ3) is 1.39. The van der Waals surface area contributed by atoms with Gasteiger partial charge in [-0.05, 0) is 6.07 Å². The Balaban J connectivity index is 2.32. The lowest BCUT2D eigenvalue weighted by Crippen LogP contribution is -1.92. The lowest BCUT2D eigenvalue weighted by Gasteiger charge is -1.95. The molecule has 0 bridgehead atoms. The minimum absolute atomic E-state index is 0.225. The lowest BCUT2D eigenvalue weighted by molar-refractivity contribution is 0.109. The summed E-state index contributed by atoms with van der Waals surface area (Å²) in [7, 11) is 0. The minimum atomic E-state index is -0.326. The Bertz CT molecular complexity index is 606. The van der Waals surface area contributed by atoms with Crippen molar-refractivity contribution in [2.75, 3.05) is 6.79 Å². The second kappa shape index (κ2) is 3.55. The summed E-state index contributed by atoms with van der Waals surface area (Å²) in [6.07, 6.45) is 0. The molecule has 0 fully saturated rings. The van der Waals surface area contributed by atoms with Crippen LogP contribution in [-0.2, 0) is 0 Å². The van der Waals surface area contributed by atoms with E-state index in [9.17, 15) is 4.79 Å². The summed E-state index contributed by atoms with van der Waals surface area (Å²) >= 11 is 11.2. The lowest BCUT2D eigenvalue weighted by atomic mass is 10.2. The molecule has 0 unspecified atom stereocenters. The van der Waals surface area contributed by atoms with Crippen LogP contribution in [0.25, 0.3) is 10.1 Å². The second-order valence-electron chi connectivity index (χ2n) is 3.25. The predicted octanol–water partition coefficient (Wildman–Crippen LogP) is 3.35. The van der Waals surface area contributed by atoms with Crippen molar-refractivity contribution >= 4 is 50.8 Å². The monoisotopic (exact) mass is 272 g/mol. The molecule has 1 aliphatic heterocycles. The number of thiol groups is 1. The van der Waals surface area contributed by atoms with E-state index in [0.717, 1.165) is 10.1 Å². The van der Waals surface area contributed by atoms with Crippen molar-refractivity contribution in [2.45, 2.75) is 0 Å². The number of hydrogen-bond donors (Lipinski definition) is 1. The molecule has 82 valence electrons.